The lowest BCUT2D eigenvalue weighted by Crippen LogP contribution is -2.53. The van der Waals surface area contributed by atoms with E-state index in [1.54, 1.807) is 41.3 Å². The van der Waals surface area contributed by atoms with Gasteiger partial charge < -0.3 is 14.7 Å². The normalized spacial score (nSPS) is 14.5. The summed E-state index contributed by atoms with van der Waals surface area (Å²) in [5.74, 6) is 0.0360. The highest BCUT2D eigenvalue weighted by molar-refractivity contribution is 5.97. The summed E-state index contributed by atoms with van der Waals surface area (Å²) in [6.45, 7) is 0.962. The van der Waals surface area contributed by atoms with Crippen molar-refractivity contribution in [1.29, 1.82) is 0 Å². The highest BCUT2D eigenvalue weighted by atomic mass is 19.1. The van der Waals surface area contributed by atoms with Gasteiger partial charge in [-0.25, -0.2) is 4.39 Å². The zero-order chi connectivity index (χ0) is 15.5. The maximum Gasteiger partial charge on any atom is 0.257 e. The molecule has 114 valence electrons. The second-order valence-corrected chi connectivity index (χ2v) is 5.28. The third kappa shape index (κ3) is 3.09. The molecular formula is C17H16FNO3. The van der Waals surface area contributed by atoms with Crippen LogP contribution in [0, 0.1) is 5.82 Å². The second kappa shape index (κ2) is 6.15. The summed E-state index contributed by atoms with van der Waals surface area (Å²) in [6.07, 6.45) is -0.434. The largest absolute Gasteiger partial charge is 0.488 e. The number of para-hydroxylation sites is 1. The number of rotatable bonds is 4. The van der Waals surface area contributed by atoms with Gasteiger partial charge in [0.2, 0.25) is 0 Å². The molecule has 0 unspecified atom stereocenters. The van der Waals surface area contributed by atoms with Gasteiger partial charge in [-0.05, 0) is 29.8 Å². The maximum atomic E-state index is 12.9. The van der Waals surface area contributed by atoms with Crippen LogP contribution < -0.4 is 4.74 Å². The Morgan fingerprint density at radius 2 is 1.86 bits per heavy atom. The Morgan fingerprint density at radius 3 is 2.55 bits per heavy atom. The third-order valence-corrected chi connectivity index (χ3v) is 3.57. The van der Waals surface area contributed by atoms with E-state index < -0.39 is 6.10 Å². The van der Waals surface area contributed by atoms with Crippen molar-refractivity contribution in [3.05, 3.63) is 65.5 Å². The molecule has 1 N–H and O–H groups in total. The number of carbonyl (C=O) groups excluding carboxylic acids is 1. The molecule has 0 radical (unpaired) electrons. The number of benzene rings is 2. The highest BCUT2D eigenvalue weighted by Crippen LogP contribution is 2.23. The van der Waals surface area contributed by atoms with E-state index in [0.29, 0.717) is 24.4 Å². The quantitative estimate of drug-likeness (QED) is 0.942. The van der Waals surface area contributed by atoms with Crippen LogP contribution in [0.3, 0.4) is 0 Å². The summed E-state index contributed by atoms with van der Waals surface area (Å²) in [5.41, 5.74) is 1.29. The number of halogens is 1. The van der Waals surface area contributed by atoms with E-state index in [0.717, 1.165) is 5.56 Å². The van der Waals surface area contributed by atoms with Gasteiger partial charge in [-0.1, -0.05) is 24.3 Å². The Bertz CT molecular complexity index is 666. The standard InChI is InChI=1S/C17H16FNO3/c18-13-7-5-12(6-8-13)11-22-16-4-2-1-3-15(16)17(21)19-9-14(20)10-19/h1-8,14,20H,9-11H2. The average Bonchev–Trinajstić information content (AvgIpc) is 2.51. The number of aliphatic hydroxyl groups excluding tert-OH is 1. The minimum Gasteiger partial charge on any atom is -0.488 e. The Labute approximate surface area is 127 Å². The van der Waals surface area contributed by atoms with Crippen LogP contribution in [0.4, 0.5) is 4.39 Å². The van der Waals surface area contributed by atoms with Gasteiger partial charge in [-0.2, -0.15) is 0 Å². The zero-order valence-corrected chi connectivity index (χ0v) is 11.9. The fraction of sp³-hybridized carbons (Fsp3) is 0.235. The Hall–Kier alpha value is -2.40. The number of likely N-dealkylation sites (tertiary alicyclic amines) is 1. The number of hydrogen-bond donors (Lipinski definition) is 1. The molecule has 1 aliphatic heterocycles. The molecular weight excluding hydrogens is 285 g/mol. The second-order valence-electron chi connectivity index (χ2n) is 5.28. The van der Waals surface area contributed by atoms with Gasteiger partial charge in [0, 0.05) is 13.1 Å². The van der Waals surface area contributed by atoms with Crippen molar-refractivity contribution in [3.63, 3.8) is 0 Å². The van der Waals surface area contributed by atoms with E-state index in [1.165, 1.54) is 12.1 Å². The van der Waals surface area contributed by atoms with E-state index >= 15 is 0 Å². The molecule has 1 fully saturated rings. The van der Waals surface area contributed by atoms with E-state index in [9.17, 15) is 14.3 Å². The summed E-state index contributed by atoms with van der Waals surface area (Å²) in [4.78, 5) is 13.9. The minimum absolute atomic E-state index is 0.153. The molecule has 3 rings (SSSR count). The molecule has 2 aromatic rings. The van der Waals surface area contributed by atoms with Crippen LogP contribution in [0.25, 0.3) is 0 Å². The zero-order valence-electron chi connectivity index (χ0n) is 11.9. The Morgan fingerprint density at radius 1 is 1.18 bits per heavy atom. The van der Waals surface area contributed by atoms with E-state index in [-0.39, 0.29) is 18.3 Å². The molecule has 1 saturated heterocycles. The van der Waals surface area contributed by atoms with E-state index in [4.69, 9.17) is 4.74 Å². The number of carbonyl (C=O) groups is 1. The number of β-amino-alcohol motifs (C(OH)–C–C–N with tert-alkyl or cyclic N) is 1. The van der Waals surface area contributed by atoms with Crippen molar-refractivity contribution < 1.29 is 19.0 Å². The predicted octanol–water partition coefficient (Wildman–Crippen LogP) is 2.22. The topological polar surface area (TPSA) is 49.8 Å². The van der Waals surface area contributed by atoms with E-state index in [2.05, 4.69) is 0 Å². The van der Waals surface area contributed by atoms with Crippen molar-refractivity contribution >= 4 is 5.91 Å². The van der Waals surface area contributed by atoms with Crippen LogP contribution in [-0.4, -0.2) is 35.1 Å². The first kappa shape index (κ1) is 14.5. The number of hydrogen-bond acceptors (Lipinski definition) is 3. The van der Waals surface area contributed by atoms with Gasteiger partial charge >= 0.3 is 0 Å². The smallest absolute Gasteiger partial charge is 0.257 e. The molecule has 5 heteroatoms. The van der Waals surface area contributed by atoms with Crippen LogP contribution in [0.15, 0.2) is 48.5 Å². The van der Waals surface area contributed by atoms with Crippen molar-refractivity contribution in [2.75, 3.05) is 13.1 Å². The molecule has 0 atom stereocenters. The molecule has 4 nitrogen and oxygen atoms in total. The van der Waals surface area contributed by atoms with Crippen molar-refractivity contribution in [3.8, 4) is 5.75 Å². The highest BCUT2D eigenvalue weighted by Gasteiger charge is 2.30. The van der Waals surface area contributed by atoms with Gasteiger partial charge in [-0.15, -0.1) is 0 Å². The number of nitrogens with zero attached hydrogens (tertiary/aromatic N) is 1. The van der Waals surface area contributed by atoms with Crippen molar-refractivity contribution in [2.24, 2.45) is 0 Å². The average molecular weight is 301 g/mol. The molecule has 0 aliphatic carbocycles. The summed E-state index contributed by atoms with van der Waals surface area (Å²) in [7, 11) is 0. The monoisotopic (exact) mass is 301 g/mol. The molecule has 2 aromatic carbocycles. The Kier molecular flexibility index (Phi) is 4.06. The lowest BCUT2D eigenvalue weighted by Gasteiger charge is -2.36. The Balaban J connectivity index is 1.71. The van der Waals surface area contributed by atoms with Gasteiger partial charge in [0.15, 0.2) is 0 Å². The molecule has 1 heterocycles. The first-order valence-corrected chi connectivity index (χ1v) is 7.07. The summed E-state index contributed by atoms with van der Waals surface area (Å²) >= 11 is 0. The fourth-order valence-electron chi connectivity index (χ4n) is 2.30. The van der Waals surface area contributed by atoms with Crippen LogP contribution in [0.1, 0.15) is 15.9 Å². The number of ether oxygens (including phenoxy) is 1. The summed E-state index contributed by atoms with van der Waals surface area (Å²) in [5, 5.41) is 9.30. The molecule has 1 aliphatic rings. The van der Waals surface area contributed by atoms with Gasteiger partial charge in [0.05, 0.1) is 11.7 Å². The van der Waals surface area contributed by atoms with E-state index in [1.807, 2.05) is 0 Å². The number of amides is 1. The van der Waals surface area contributed by atoms with Crippen LogP contribution in [0.5, 0.6) is 5.75 Å². The summed E-state index contributed by atoms with van der Waals surface area (Å²) < 4.78 is 18.6. The number of aliphatic hydroxyl groups is 1. The SMILES string of the molecule is O=C(c1ccccc1OCc1ccc(F)cc1)N1CC(O)C1. The van der Waals surface area contributed by atoms with Crippen LogP contribution >= 0.6 is 0 Å². The lowest BCUT2D eigenvalue weighted by atomic mass is 10.1. The first-order valence-electron chi connectivity index (χ1n) is 7.07. The molecule has 0 saturated carbocycles. The molecule has 1 amide bonds. The van der Waals surface area contributed by atoms with Crippen molar-refractivity contribution in [1.82, 2.24) is 4.90 Å². The third-order valence-electron chi connectivity index (χ3n) is 3.57. The lowest BCUT2D eigenvalue weighted by molar-refractivity contribution is 0.00563. The minimum atomic E-state index is -0.434. The predicted molar refractivity (Wildman–Crippen MR) is 79.1 cm³/mol. The molecule has 22 heavy (non-hydrogen) atoms. The van der Waals surface area contributed by atoms with Gasteiger partial charge in [0.1, 0.15) is 18.2 Å². The van der Waals surface area contributed by atoms with Crippen LogP contribution in [0.2, 0.25) is 0 Å². The maximum absolute atomic E-state index is 12.9. The van der Waals surface area contributed by atoms with Gasteiger partial charge in [-0.3, -0.25) is 4.79 Å². The van der Waals surface area contributed by atoms with Crippen molar-refractivity contribution in [2.45, 2.75) is 12.7 Å². The molecule has 0 aromatic heterocycles. The molecule has 0 spiro atoms. The first-order chi connectivity index (χ1) is 10.6. The summed E-state index contributed by atoms with van der Waals surface area (Å²) in [6, 6.07) is 13.0. The molecule has 0 bridgehead atoms. The fourth-order valence-corrected chi connectivity index (χ4v) is 2.30. The van der Waals surface area contributed by atoms with Crippen LogP contribution in [-0.2, 0) is 6.61 Å². The van der Waals surface area contributed by atoms with Gasteiger partial charge in [0.25, 0.3) is 5.91 Å².